The molecule has 0 rings (SSSR count). The molecule has 1 atom stereocenters. The molecule has 2 nitrogen and oxygen atoms in total. The van der Waals surface area contributed by atoms with Gasteiger partial charge in [0.2, 0.25) is 0 Å². The minimum absolute atomic E-state index is 0.0668. The summed E-state index contributed by atoms with van der Waals surface area (Å²) in [7, 11) is 0. The molecule has 0 aliphatic carbocycles. The summed E-state index contributed by atoms with van der Waals surface area (Å²) in [5.41, 5.74) is 0. The van der Waals surface area contributed by atoms with Gasteiger partial charge in [0.15, 0.2) is 5.05 Å². The number of nitriles is 1. The molecule has 0 spiro atoms. The minimum atomic E-state index is -0.0668. The fourth-order valence-electron chi connectivity index (χ4n) is 0.280. The summed E-state index contributed by atoms with van der Waals surface area (Å²) >= 11 is 4.63. The number of ether oxygens (including phenoxy) is 1. The van der Waals surface area contributed by atoms with E-state index in [1.165, 1.54) is 0 Å². The summed E-state index contributed by atoms with van der Waals surface area (Å²) in [4.78, 5) is 0. The van der Waals surface area contributed by atoms with Crippen molar-refractivity contribution in [1.29, 1.82) is 5.26 Å². The van der Waals surface area contributed by atoms with Crippen LogP contribution in [0.3, 0.4) is 0 Å². The first-order chi connectivity index (χ1) is 4.16. The normalized spacial score (nSPS) is 11.7. The second-order valence-corrected chi connectivity index (χ2v) is 2.41. The lowest BCUT2D eigenvalue weighted by molar-refractivity contribution is 0.281. The average molecular weight is 143 g/mol. The van der Waals surface area contributed by atoms with Crippen LogP contribution in [0.15, 0.2) is 0 Å². The fourth-order valence-corrected chi connectivity index (χ4v) is 0.348. The first-order valence-corrected chi connectivity index (χ1v) is 3.10. The molecule has 0 aromatic heterocycles. The number of rotatable bonds is 2. The molecule has 1 unspecified atom stereocenters. The van der Waals surface area contributed by atoms with Crippen LogP contribution in [-0.4, -0.2) is 11.7 Å². The van der Waals surface area contributed by atoms with E-state index in [-0.39, 0.29) is 5.92 Å². The van der Waals surface area contributed by atoms with Gasteiger partial charge in [-0.3, -0.25) is 0 Å². The van der Waals surface area contributed by atoms with Crippen LogP contribution in [0.1, 0.15) is 13.8 Å². The van der Waals surface area contributed by atoms with E-state index in [4.69, 9.17) is 10.00 Å². The Bertz CT molecular complexity index is 138. The molecule has 9 heavy (non-hydrogen) atoms. The predicted octanol–water partition coefficient (Wildman–Crippen LogP) is 1.51. The number of thiocarbonyl (C=S) groups is 1. The van der Waals surface area contributed by atoms with Crippen molar-refractivity contribution in [3.8, 4) is 6.07 Å². The molecule has 0 aromatic carbocycles. The van der Waals surface area contributed by atoms with Crippen LogP contribution in [0.25, 0.3) is 0 Å². The van der Waals surface area contributed by atoms with Gasteiger partial charge in [0.05, 0.1) is 12.0 Å². The first kappa shape index (κ1) is 8.38. The van der Waals surface area contributed by atoms with Crippen LogP contribution in [0.2, 0.25) is 0 Å². The maximum Gasteiger partial charge on any atom is 0.156 e. The molecule has 0 heterocycles. The van der Waals surface area contributed by atoms with E-state index >= 15 is 0 Å². The van der Waals surface area contributed by atoms with E-state index < -0.39 is 0 Å². The summed E-state index contributed by atoms with van der Waals surface area (Å²) in [6.07, 6.45) is 0. The molecule has 0 saturated heterocycles. The number of hydrogen-bond acceptors (Lipinski definition) is 3. The molecule has 0 aromatic rings. The number of hydrogen-bond donors (Lipinski definition) is 0. The van der Waals surface area contributed by atoms with Crippen LogP contribution in [-0.2, 0) is 4.74 Å². The largest absolute Gasteiger partial charge is 0.486 e. The van der Waals surface area contributed by atoms with Gasteiger partial charge in [-0.2, -0.15) is 5.26 Å². The molecule has 0 bridgehead atoms. The molecule has 0 N–H and O–H groups in total. The van der Waals surface area contributed by atoms with Crippen LogP contribution in [0.4, 0.5) is 0 Å². The lowest BCUT2D eigenvalue weighted by atomic mass is 10.2. The Labute approximate surface area is 60.4 Å². The van der Waals surface area contributed by atoms with Crippen molar-refractivity contribution in [2.75, 3.05) is 6.61 Å². The van der Waals surface area contributed by atoms with E-state index in [0.29, 0.717) is 11.7 Å². The van der Waals surface area contributed by atoms with Crippen molar-refractivity contribution in [2.24, 2.45) is 5.92 Å². The molecule has 0 amide bonds. The summed E-state index contributed by atoms with van der Waals surface area (Å²) < 4.78 is 4.90. The Morgan fingerprint density at radius 1 is 1.89 bits per heavy atom. The van der Waals surface area contributed by atoms with Gasteiger partial charge in [-0.15, -0.1) is 0 Å². The summed E-state index contributed by atoms with van der Waals surface area (Å²) in [6, 6.07) is 2.04. The van der Waals surface area contributed by atoms with E-state index in [0.717, 1.165) is 0 Å². The quantitative estimate of drug-likeness (QED) is 0.549. The molecule has 0 radical (unpaired) electrons. The van der Waals surface area contributed by atoms with Crippen molar-refractivity contribution in [3.63, 3.8) is 0 Å². The Morgan fingerprint density at radius 3 is 2.78 bits per heavy atom. The molecule has 0 saturated carbocycles. The van der Waals surface area contributed by atoms with Gasteiger partial charge < -0.3 is 4.74 Å². The summed E-state index contributed by atoms with van der Waals surface area (Å²) in [5, 5.41) is 8.77. The van der Waals surface area contributed by atoms with E-state index in [1.807, 2.05) is 6.07 Å². The first-order valence-electron chi connectivity index (χ1n) is 2.69. The maximum atomic E-state index is 8.27. The van der Waals surface area contributed by atoms with E-state index in [9.17, 15) is 0 Å². The molecule has 50 valence electrons. The zero-order chi connectivity index (χ0) is 7.28. The highest BCUT2D eigenvalue weighted by molar-refractivity contribution is 7.80. The second kappa shape index (κ2) is 4.28. The Morgan fingerprint density at radius 2 is 2.44 bits per heavy atom. The van der Waals surface area contributed by atoms with Crippen LogP contribution >= 0.6 is 12.2 Å². The Hall–Kier alpha value is -0.620. The average Bonchev–Trinajstić information content (AvgIpc) is 1.83. The van der Waals surface area contributed by atoms with Gasteiger partial charge in [0.1, 0.15) is 6.61 Å². The van der Waals surface area contributed by atoms with Crippen molar-refractivity contribution < 1.29 is 4.74 Å². The van der Waals surface area contributed by atoms with Crippen LogP contribution < -0.4 is 0 Å². The Kier molecular flexibility index (Phi) is 3.98. The van der Waals surface area contributed by atoms with Crippen molar-refractivity contribution in [1.82, 2.24) is 0 Å². The molecule has 0 aliphatic heterocycles. The van der Waals surface area contributed by atoms with Crippen molar-refractivity contribution >= 4 is 17.3 Å². The van der Waals surface area contributed by atoms with Gasteiger partial charge in [-0.25, -0.2) is 0 Å². The lowest BCUT2D eigenvalue weighted by Gasteiger charge is -2.02. The molecular weight excluding hydrogens is 134 g/mol. The second-order valence-electron chi connectivity index (χ2n) is 1.83. The molecule has 0 fully saturated rings. The third-order valence-electron chi connectivity index (χ3n) is 0.757. The topological polar surface area (TPSA) is 33.0 Å². The van der Waals surface area contributed by atoms with Gasteiger partial charge in [-0.1, -0.05) is 0 Å². The van der Waals surface area contributed by atoms with Crippen molar-refractivity contribution in [2.45, 2.75) is 13.8 Å². The predicted molar refractivity (Wildman–Crippen MR) is 39.0 cm³/mol. The SMILES string of the molecule is CC(=S)OCC(C)C#N. The standard InChI is InChI=1S/C6H9NOS/c1-5(3-7)4-8-6(2)9/h5H,4H2,1-2H3. The smallest absolute Gasteiger partial charge is 0.156 e. The third kappa shape index (κ3) is 5.25. The van der Waals surface area contributed by atoms with Crippen LogP contribution in [0.5, 0.6) is 0 Å². The Balaban J connectivity index is 3.30. The summed E-state index contributed by atoms with van der Waals surface area (Å²) in [6.45, 7) is 3.89. The zero-order valence-electron chi connectivity index (χ0n) is 5.55. The highest BCUT2D eigenvalue weighted by Gasteiger charge is 1.98. The van der Waals surface area contributed by atoms with E-state index in [1.54, 1.807) is 13.8 Å². The lowest BCUT2D eigenvalue weighted by Crippen LogP contribution is -2.05. The summed E-state index contributed by atoms with van der Waals surface area (Å²) in [5.74, 6) is -0.0668. The van der Waals surface area contributed by atoms with Crippen molar-refractivity contribution in [3.05, 3.63) is 0 Å². The third-order valence-corrected chi connectivity index (χ3v) is 0.875. The monoisotopic (exact) mass is 143 g/mol. The maximum absolute atomic E-state index is 8.27. The van der Waals surface area contributed by atoms with Gasteiger partial charge in [0, 0.05) is 6.92 Å². The van der Waals surface area contributed by atoms with Gasteiger partial charge in [0.25, 0.3) is 0 Å². The van der Waals surface area contributed by atoms with E-state index in [2.05, 4.69) is 12.2 Å². The highest BCUT2D eigenvalue weighted by atomic mass is 32.1. The minimum Gasteiger partial charge on any atom is -0.486 e. The molecule has 0 aliphatic rings. The molecular formula is C6H9NOS. The number of nitrogens with zero attached hydrogens (tertiary/aromatic N) is 1. The molecule has 3 heteroatoms. The van der Waals surface area contributed by atoms with Gasteiger partial charge >= 0.3 is 0 Å². The van der Waals surface area contributed by atoms with Gasteiger partial charge in [-0.05, 0) is 19.1 Å². The van der Waals surface area contributed by atoms with Crippen LogP contribution in [0, 0.1) is 17.2 Å². The zero-order valence-corrected chi connectivity index (χ0v) is 6.36. The highest BCUT2D eigenvalue weighted by Crippen LogP contribution is 1.92. The fraction of sp³-hybridized carbons (Fsp3) is 0.667.